The molecule has 10 heteroatoms. The van der Waals surface area contributed by atoms with Crippen molar-refractivity contribution in [3.05, 3.63) is 72.3 Å². The summed E-state index contributed by atoms with van der Waals surface area (Å²) >= 11 is 0. The second-order valence-electron chi connectivity index (χ2n) is 11.6. The number of anilines is 2. The van der Waals surface area contributed by atoms with Crippen molar-refractivity contribution in [3.8, 4) is 23.1 Å². The third kappa shape index (κ3) is 7.33. The van der Waals surface area contributed by atoms with Gasteiger partial charge in [0.2, 0.25) is 17.7 Å². The highest BCUT2D eigenvalue weighted by Crippen LogP contribution is 2.47. The molecule has 9 nitrogen and oxygen atoms in total. The molecule has 45 heavy (non-hydrogen) atoms. The van der Waals surface area contributed by atoms with Gasteiger partial charge in [-0.2, -0.15) is 0 Å². The number of fused-ring (bicyclic) bond motifs is 1. The lowest BCUT2D eigenvalue weighted by atomic mass is 9.99. The molecule has 3 aromatic carbocycles. The highest BCUT2D eigenvalue weighted by atomic mass is 19.1. The normalized spacial score (nSPS) is 13.4. The average molecular weight is 615 g/mol. The Morgan fingerprint density at radius 3 is 2.18 bits per heavy atom. The number of benzene rings is 3. The number of aromatic nitrogens is 2. The maximum absolute atomic E-state index is 15.2. The third-order valence-electron chi connectivity index (χ3n) is 8.08. The van der Waals surface area contributed by atoms with Crippen molar-refractivity contribution >= 4 is 34.1 Å². The van der Waals surface area contributed by atoms with Gasteiger partial charge < -0.3 is 24.8 Å². The first-order valence-electron chi connectivity index (χ1n) is 15.4. The average Bonchev–Trinajstić information content (AvgIpc) is 3.85. The number of methoxy groups -OCH3 is 1. The number of hydrogen-bond donors (Lipinski definition) is 2. The standard InChI is InChI=1S/C35H39FN4O5/c1-5-7-23(8-6-2)20-44-31-19-28-26(18-30(31)43-4)32(38-21-37-28)45-29-14-13-25(17-27(29)36)40-34(42)35(15-16-35)33(41)39-24-11-9-22(3)10-12-24/h9-14,17-19,21,23H,5-8,15-16,20H2,1-4H3,(H,39,41)(H,40,42). The summed E-state index contributed by atoms with van der Waals surface area (Å²) in [6.07, 6.45) is 6.52. The van der Waals surface area contributed by atoms with Gasteiger partial charge in [0.25, 0.3) is 0 Å². The van der Waals surface area contributed by atoms with E-state index >= 15 is 4.39 Å². The van der Waals surface area contributed by atoms with Crippen LogP contribution in [-0.4, -0.2) is 35.5 Å². The van der Waals surface area contributed by atoms with Crippen LogP contribution < -0.4 is 24.8 Å². The van der Waals surface area contributed by atoms with Gasteiger partial charge in [-0.3, -0.25) is 9.59 Å². The number of nitrogens with one attached hydrogen (secondary N) is 2. The maximum atomic E-state index is 15.2. The Balaban J connectivity index is 1.28. The number of rotatable bonds is 14. The fourth-order valence-electron chi connectivity index (χ4n) is 5.32. The Bertz CT molecular complexity index is 1670. The summed E-state index contributed by atoms with van der Waals surface area (Å²) in [6, 6.07) is 14.9. The highest BCUT2D eigenvalue weighted by Gasteiger charge is 2.56. The van der Waals surface area contributed by atoms with Crippen LogP contribution in [0.4, 0.5) is 15.8 Å². The molecule has 0 atom stereocenters. The molecule has 0 spiro atoms. The van der Waals surface area contributed by atoms with Crippen molar-refractivity contribution in [1.82, 2.24) is 9.97 Å². The van der Waals surface area contributed by atoms with E-state index in [4.69, 9.17) is 14.2 Å². The fourth-order valence-corrected chi connectivity index (χ4v) is 5.32. The van der Waals surface area contributed by atoms with E-state index in [0.717, 1.165) is 37.3 Å². The zero-order valence-electron chi connectivity index (χ0n) is 26.1. The molecule has 1 aliphatic carbocycles. The molecule has 0 radical (unpaired) electrons. The van der Waals surface area contributed by atoms with Crippen LogP contribution in [0, 0.1) is 24.1 Å². The smallest absolute Gasteiger partial charge is 0.240 e. The second-order valence-corrected chi connectivity index (χ2v) is 11.6. The van der Waals surface area contributed by atoms with E-state index < -0.39 is 17.1 Å². The fraction of sp³-hybridized carbons (Fsp3) is 0.371. The van der Waals surface area contributed by atoms with Gasteiger partial charge in [0.15, 0.2) is 23.1 Å². The zero-order chi connectivity index (χ0) is 32.0. The Morgan fingerprint density at radius 1 is 0.889 bits per heavy atom. The summed E-state index contributed by atoms with van der Waals surface area (Å²) < 4.78 is 32.9. The molecule has 0 unspecified atom stereocenters. The Labute approximate surface area is 262 Å². The molecule has 2 N–H and O–H groups in total. The zero-order valence-corrected chi connectivity index (χ0v) is 26.1. The molecule has 5 rings (SSSR count). The van der Waals surface area contributed by atoms with Crippen molar-refractivity contribution in [2.24, 2.45) is 11.3 Å². The molecule has 4 aromatic rings. The number of carbonyl (C=O) groups excluding carboxylic acids is 2. The summed E-state index contributed by atoms with van der Waals surface area (Å²) in [4.78, 5) is 34.6. The molecule has 1 aliphatic rings. The van der Waals surface area contributed by atoms with E-state index in [1.54, 1.807) is 31.4 Å². The second kappa shape index (κ2) is 13.9. The van der Waals surface area contributed by atoms with Crippen LogP contribution in [0.1, 0.15) is 57.9 Å². The van der Waals surface area contributed by atoms with Crippen LogP contribution in [0.3, 0.4) is 0 Å². The number of hydrogen-bond acceptors (Lipinski definition) is 7. The Hall–Kier alpha value is -4.73. The third-order valence-corrected chi connectivity index (χ3v) is 8.08. The molecular formula is C35H39FN4O5. The predicted molar refractivity (Wildman–Crippen MR) is 171 cm³/mol. The predicted octanol–water partition coefficient (Wildman–Crippen LogP) is 7.83. The van der Waals surface area contributed by atoms with Gasteiger partial charge >= 0.3 is 0 Å². The van der Waals surface area contributed by atoms with Crippen molar-refractivity contribution in [3.63, 3.8) is 0 Å². The van der Waals surface area contributed by atoms with Crippen LogP contribution in [0.15, 0.2) is 60.9 Å². The molecule has 0 aliphatic heterocycles. The van der Waals surface area contributed by atoms with Gasteiger partial charge in [-0.05, 0) is 68.9 Å². The molecule has 0 saturated heterocycles. The van der Waals surface area contributed by atoms with E-state index in [1.165, 1.54) is 18.5 Å². The topological polar surface area (TPSA) is 112 Å². The van der Waals surface area contributed by atoms with Crippen molar-refractivity contribution < 1.29 is 28.2 Å². The van der Waals surface area contributed by atoms with Crippen LogP contribution in [0.2, 0.25) is 0 Å². The quantitative estimate of drug-likeness (QED) is 0.139. The monoisotopic (exact) mass is 614 g/mol. The largest absolute Gasteiger partial charge is 0.493 e. The molecule has 1 saturated carbocycles. The van der Waals surface area contributed by atoms with Crippen molar-refractivity contribution in [2.75, 3.05) is 24.4 Å². The van der Waals surface area contributed by atoms with E-state index in [-0.39, 0.29) is 23.2 Å². The minimum Gasteiger partial charge on any atom is -0.493 e. The van der Waals surface area contributed by atoms with E-state index in [1.807, 2.05) is 19.1 Å². The van der Waals surface area contributed by atoms with Crippen molar-refractivity contribution in [2.45, 2.75) is 59.3 Å². The van der Waals surface area contributed by atoms with Crippen molar-refractivity contribution in [1.29, 1.82) is 0 Å². The van der Waals surface area contributed by atoms with Crippen LogP contribution in [0.25, 0.3) is 10.9 Å². The number of amides is 2. The van der Waals surface area contributed by atoms with E-state index in [2.05, 4.69) is 34.4 Å². The maximum Gasteiger partial charge on any atom is 0.240 e. The van der Waals surface area contributed by atoms with E-state index in [9.17, 15) is 9.59 Å². The summed E-state index contributed by atoms with van der Waals surface area (Å²) in [5.74, 6) is -0.0163. The minimum atomic E-state index is -1.19. The number of aryl methyl sites for hydroxylation is 1. The molecule has 1 heterocycles. The lowest BCUT2D eigenvalue weighted by molar-refractivity contribution is -0.131. The first-order chi connectivity index (χ1) is 21.8. The van der Waals surface area contributed by atoms with Gasteiger partial charge in [0.1, 0.15) is 11.7 Å². The number of ether oxygens (including phenoxy) is 3. The molecular weight excluding hydrogens is 575 g/mol. The Kier molecular flexibility index (Phi) is 9.80. The molecule has 0 bridgehead atoms. The highest BCUT2D eigenvalue weighted by molar-refractivity contribution is 6.16. The summed E-state index contributed by atoms with van der Waals surface area (Å²) in [6.45, 7) is 6.86. The summed E-state index contributed by atoms with van der Waals surface area (Å²) in [5, 5.41) is 6.02. The summed E-state index contributed by atoms with van der Waals surface area (Å²) in [5.41, 5.74) is 1.25. The molecule has 1 aromatic heterocycles. The van der Waals surface area contributed by atoms with Gasteiger partial charge in [-0.15, -0.1) is 0 Å². The first-order valence-corrected chi connectivity index (χ1v) is 15.4. The van der Waals surface area contributed by atoms with Gasteiger partial charge in [-0.25, -0.2) is 14.4 Å². The van der Waals surface area contributed by atoms with Gasteiger partial charge in [0.05, 0.1) is 24.6 Å². The lowest BCUT2D eigenvalue weighted by Crippen LogP contribution is -2.35. The van der Waals surface area contributed by atoms with E-state index in [0.29, 0.717) is 53.5 Å². The number of carbonyl (C=O) groups is 2. The molecule has 1 fully saturated rings. The number of halogens is 1. The molecule has 236 valence electrons. The Morgan fingerprint density at radius 2 is 1.56 bits per heavy atom. The van der Waals surface area contributed by atoms with Crippen LogP contribution in [-0.2, 0) is 9.59 Å². The van der Waals surface area contributed by atoms with Gasteiger partial charge in [0, 0.05) is 23.5 Å². The SMILES string of the molecule is CCCC(CCC)COc1cc2ncnc(Oc3ccc(NC(=O)C4(C(=O)Nc5ccc(C)cc5)CC4)cc3F)c2cc1OC. The lowest BCUT2D eigenvalue weighted by Gasteiger charge is -2.18. The minimum absolute atomic E-state index is 0.0903. The van der Waals surface area contributed by atoms with Gasteiger partial charge in [-0.1, -0.05) is 44.4 Å². The van der Waals surface area contributed by atoms with Crippen LogP contribution >= 0.6 is 0 Å². The van der Waals surface area contributed by atoms with Crippen LogP contribution in [0.5, 0.6) is 23.1 Å². The first kappa shape index (κ1) is 31.7. The summed E-state index contributed by atoms with van der Waals surface area (Å²) in [7, 11) is 1.55. The number of nitrogens with zero attached hydrogens (tertiary/aromatic N) is 2. The molecule has 2 amide bonds.